The van der Waals surface area contributed by atoms with E-state index in [1.807, 2.05) is 11.1 Å². The van der Waals surface area contributed by atoms with Crippen LogP contribution in [0.25, 0.3) is 0 Å². The third-order valence-electron chi connectivity index (χ3n) is 5.31. The highest BCUT2D eigenvalue weighted by Crippen LogP contribution is 2.43. The first-order chi connectivity index (χ1) is 11.8. The minimum Gasteiger partial charge on any atom is -0.241 e. The maximum absolute atomic E-state index is 5.09. The summed E-state index contributed by atoms with van der Waals surface area (Å²) in [6.07, 6.45) is 10.9. The quantitative estimate of drug-likeness (QED) is 0.695. The third kappa shape index (κ3) is 2.77. The Bertz CT molecular complexity index is 750. The average Bonchev–Trinajstić information content (AvgIpc) is 2.64. The second-order valence-corrected chi connectivity index (χ2v) is 7.03. The molecule has 0 bridgehead atoms. The number of rotatable bonds is 2. The van der Waals surface area contributed by atoms with Crippen molar-refractivity contribution in [2.45, 2.75) is 39.0 Å². The molecule has 1 spiro atoms. The summed E-state index contributed by atoms with van der Waals surface area (Å²) < 4.78 is 0. The second-order valence-electron chi connectivity index (χ2n) is 7.03. The number of para-hydroxylation sites is 1. The molecule has 122 valence electrons. The summed E-state index contributed by atoms with van der Waals surface area (Å²) in [6.45, 7) is 2.14. The summed E-state index contributed by atoms with van der Waals surface area (Å²) in [4.78, 5) is 0. The van der Waals surface area contributed by atoms with Crippen LogP contribution in [-0.4, -0.2) is 5.71 Å². The summed E-state index contributed by atoms with van der Waals surface area (Å²) in [6, 6.07) is 19.2. The highest BCUT2D eigenvalue weighted by molar-refractivity contribution is 6.07. The van der Waals surface area contributed by atoms with Crippen molar-refractivity contribution in [2.75, 3.05) is 5.01 Å². The molecule has 0 N–H and O–H groups in total. The Balaban J connectivity index is 1.78. The van der Waals surface area contributed by atoms with Crippen LogP contribution in [-0.2, 0) is 0 Å². The molecule has 0 amide bonds. The lowest BCUT2D eigenvalue weighted by molar-refractivity contribution is 0.347. The number of benzene rings is 2. The van der Waals surface area contributed by atoms with Gasteiger partial charge in [-0.05, 0) is 37.5 Å². The second kappa shape index (κ2) is 6.27. The molecular weight excluding hydrogens is 292 g/mol. The molecule has 1 aliphatic heterocycles. The molecule has 2 nitrogen and oxygen atoms in total. The Morgan fingerprint density at radius 2 is 1.58 bits per heavy atom. The average molecular weight is 316 g/mol. The standard InChI is InChI=1S/C22H24N2/c1-18-10-12-19(13-11-18)21-22(14-6-3-7-15-22)16-17-24(23-21)20-8-4-2-5-9-20/h2,4-5,8-13,16-17H,3,6-7,14-15H2,1H3. The van der Waals surface area contributed by atoms with Gasteiger partial charge in [-0.1, -0.05) is 73.4 Å². The predicted molar refractivity (Wildman–Crippen MR) is 101 cm³/mol. The number of nitrogens with zero attached hydrogens (tertiary/aromatic N) is 2. The fourth-order valence-electron chi connectivity index (χ4n) is 3.90. The summed E-state index contributed by atoms with van der Waals surface area (Å²) in [7, 11) is 0. The Labute approximate surface area is 144 Å². The lowest BCUT2D eigenvalue weighted by atomic mass is 9.68. The van der Waals surface area contributed by atoms with Gasteiger partial charge in [-0.3, -0.25) is 0 Å². The maximum Gasteiger partial charge on any atom is 0.0785 e. The van der Waals surface area contributed by atoms with Crippen molar-refractivity contribution >= 4 is 11.4 Å². The van der Waals surface area contributed by atoms with Crippen LogP contribution in [0.3, 0.4) is 0 Å². The Hall–Kier alpha value is -2.35. The van der Waals surface area contributed by atoms with Crippen molar-refractivity contribution in [3.05, 3.63) is 78.0 Å². The first-order valence-corrected chi connectivity index (χ1v) is 8.97. The predicted octanol–water partition coefficient (Wildman–Crippen LogP) is 5.68. The molecule has 2 heteroatoms. The van der Waals surface area contributed by atoms with Gasteiger partial charge < -0.3 is 0 Å². The van der Waals surface area contributed by atoms with Crippen LogP contribution in [0.2, 0.25) is 0 Å². The number of anilines is 1. The van der Waals surface area contributed by atoms with Gasteiger partial charge in [-0.2, -0.15) is 5.10 Å². The lowest BCUT2D eigenvalue weighted by Crippen LogP contribution is -2.37. The Kier molecular flexibility index (Phi) is 3.97. The Morgan fingerprint density at radius 1 is 0.875 bits per heavy atom. The highest BCUT2D eigenvalue weighted by Gasteiger charge is 2.38. The fraction of sp³-hybridized carbons (Fsp3) is 0.318. The summed E-state index contributed by atoms with van der Waals surface area (Å²) in [5.74, 6) is 0. The first-order valence-electron chi connectivity index (χ1n) is 8.97. The van der Waals surface area contributed by atoms with Crippen LogP contribution in [0.15, 0.2) is 72.0 Å². The van der Waals surface area contributed by atoms with Crippen molar-refractivity contribution in [3.63, 3.8) is 0 Å². The van der Waals surface area contributed by atoms with Crippen molar-refractivity contribution in [2.24, 2.45) is 10.5 Å². The van der Waals surface area contributed by atoms with E-state index in [4.69, 9.17) is 5.10 Å². The van der Waals surface area contributed by atoms with E-state index in [1.54, 1.807) is 0 Å². The number of allylic oxidation sites excluding steroid dienone is 1. The van der Waals surface area contributed by atoms with Crippen LogP contribution in [0.4, 0.5) is 5.69 Å². The van der Waals surface area contributed by atoms with Crippen molar-refractivity contribution < 1.29 is 0 Å². The van der Waals surface area contributed by atoms with E-state index in [9.17, 15) is 0 Å². The van der Waals surface area contributed by atoms with E-state index >= 15 is 0 Å². The van der Waals surface area contributed by atoms with Gasteiger partial charge in [0, 0.05) is 11.6 Å². The third-order valence-corrected chi connectivity index (χ3v) is 5.31. The van der Waals surface area contributed by atoms with Gasteiger partial charge in [0.05, 0.1) is 11.4 Å². The van der Waals surface area contributed by atoms with Crippen LogP contribution in [0, 0.1) is 12.3 Å². The lowest BCUT2D eigenvalue weighted by Gasteiger charge is -2.39. The molecule has 24 heavy (non-hydrogen) atoms. The largest absolute Gasteiger partial charge is 0.241 e. The van der Waals surface area contributed by atoms with Gasteiger partial charge in [0.1, 0.15) is 0 Å². The number of hydrogen-bond acceptors (Lipinski definition) is 2. The zero-order chi connectivity index (χ0) is 16.4. The first kappa shape index (κ1) is 15.2. The topological polar surface area (TPSA) is 15.6 Å². The van der Waals surface area contributed by atoms with Crippen molar-refractivity contribution in [1.29, 1.82) is 0 Å². The van der Waals surface area contributed by atoms with Crippen molar-refractivity contribution in [3.8, 4) is 0 Å². The van der Waals surface area contributed by atoms with E-state index in [-0.39, 0.29) is 5.41 Å². The minimum atomic E-state index is 0.110. The van der Waals surface area contributed by atoms with Crippen molar-refractivity contribution in [1.82, 2.24) is 0 Å². The molecule has 2 aromatic rings. The zero-order valence-electron chi connectivity index (χ0n) is 14.3. The normalized spacial score (nSPS) is 19.4. The Morgan fingerprint density at radius 3 is 2.29 bits per heavy atom. The molecule has 0 saturated heterocycles. The molecular formula is C22H24N2. The van der Waals surface area contributed by atoms with E-state index in [0.29, 0.717) is 0 Å². The number of hydrazone groups is 1. The molecule has 0 atom stereocenters. The monoisotopic (exact) mass is 316 g/mol. The molecule has 1 aliphatic carbocycles. The van der Waals surface area contributed by atoms with Gasteiger partial charge in [0.25, 0.3) is 0 Å². The zero-order valence-corrected chi connectivity index (χ0v) is 14.3. The molecule has 2 aromatic carbocycles. The van der Waals surface area contributed by atoms with Crippen LogP contribution in [0.5, 0.6) is 0 Å². The van der Waals surface area contributed by atoms with E-state index in [2.05, 4.69) is 67.7 Å². The molecule has 1 fully saturated rings. The van der Waals surface area contributed by atoms with E-state index in [1.165, 1.54) is 48.9 Å². The summed E-state index contributed by atoms with van der Waals surface area (Å²) >= 11 is 0. The van der Waals surface area contributed by atoms with E-state index < -0.39 is 0 Å². The molecule has 4 rings (SSSR count). The van der Waals surface area contributed by atoms with Gasteiger partial charge in [-0.15, -0.1) is 0 Å². The molecule has 0 aromatic heterocycles. The minimum absolute atomic E-state index is 0.110. The number of aryl methyl sites for hydroxylation is 1. The highest BCUT2D eigenvalue weighted by atomic mass is 15.5. The SMILES string of the molecule is Cc1ccc(C2=NN(c3ccccc3)C=CC23CCCCC3)cc1. The summed E-state index contributed by atoms with van der Waals surface area (Å²) in [5.41, 5.74) is 5.01. The molecule has 1 saturated carbocycles. The molecule has 1 heterocycles. The van der Waals surface area contributed by atoms with Gasteiger partial charge in [0.2, 0.25) is 0 Å². The molecule has 2 aliphatic rings. The maximum atomic E-state index is 5.09. The van der Waals surface area contributed by atoms with Crippen LogP contribution >= 0.6 is 0 Å². The van der Waals surface area contributed by atoms with Gasteiger partial charge in [-0.25, -0.2) is 5.01 Å². The number of hydrogen-bond donors (Lipinski definition) is 0. The van der Waals surface area contributed by atoms with Crippen LogP contribution < -0.4 is 5.01 Å². The summed E-state index contributed by atoms with van der Waals surface area (Å²) in [5, 5.41) is 7.11. The smallest absolute Gasteiger partial charge is 0.0785 e. The molecule has 0 unspecified atom stereocenters. The van der Waals surface area contributed by atoms with Crippen LogP contribution in [0.1, 0.15) is 43.2 Å². The fourth-order valence-corrected chi connectivity index (χ4v) is 3.90. The van der Waals surface area contributed by atoms with Gasteiger partial charge in [0.15, 0.2) is 0 Å². The van der Waals surface area contributed by atoms with E-state index in [0.717, 1.165) is 5.69 Å². The molecule has 0 radical (unpaired) electrons. The van der Waals surface area contributed by atoms with Gasteiger partial charge >= 0.3 is 0 Å².